The molecule has 0 aliphatic rings. The second kappa shape index (κ2) is 7.18. The van der Waals surface area contributed by atoms with Gasteiger partial charge in [0.25, 0.3) is 0 Å². The molecule has 0 atom stereocenters. The fraction of sp³-hybridized carbons (Fsp3) is 0.231. The molecule has 2 rings (SSSR count). The lowest BCUT2D eigenvalue weighted by atomic mass is 10.3. The number of hydrogen-bond acceptors (Lipinski definition) is 4. The van der Waals surface area contributed by atoms with E-state index in [1.807, 2.05) is 12.2 Å². The van der Waals surface area contributed by atoms with Crippen LogP contribution in [0.5, 0.6) is 0 Å². The Morgan fingerprint density at radius 1 is 1.57 bits per heavy atom. The van der Waals surface area contributed by atoms with Crippen LogP contribution in [0.2, 0.25) is 0 Å². The number of aromatic nitrogens is 4. The minimum Gasteiger partial charge on any atom is -0.465 e. The molecule has 122 valence electrons. The average molecular weight is 386 g/mol. The molecule has 2 aromatic heterocycles. The van der Waals surface area contributed by atoms with Gasteiger partial charge in [-0.1, -0.05) is 0 Å². The molecule has 1 amide bonds. The van der Waals surface area contributed by atoms with E-state index in [1.54, 1.807) is 12.3 Å². The molecule has 2 aromatic rings. The predicted molar refractivity (Wildman–Crippen MR) is 83.3 cm³/mol. The highest BCUT2D eigenvalue weighted by Crippen LogP contribution is 2.16. The summed E-state index contributed by atoms with van der Waals surface area (Å²) in [6.07, 6.45) is 1.82. The third-order valence-electron chi connectivity index (χ3n) is 2.99. The van der Waals surface area contributed by atoms with E-state index in [9.17, 15) is 14.0 Å². The number of rotatable bonds is 5. The molecule has 0 aliphatic carbocycles. The van der Waals surface area contributed by atoms with Crippen LogP contribution in [0.3, 0.4) is 0 Å². The Kier molecular flexibility index (Phi) is 5.27. The number of hydrogen-bond donors (Lipinski definition) is 2. The van der Waals surface area contributed by atoms with Crippen LogP contribution in [0.25, 0.3) is 5.82 Å². The monoisotopic (exact) mass is 385 g/mol. The molecule has 0 saturated heterocycles. The van der Waals surface area contributed by atoms with Crippen molar-refractivity contribution in [2.24, 2.45) is 0 Å². The first-order valence-corrected chi connectivity index (χ1v) is 7.23. The minimum absolute atomic E-state index is 0.0692. The predicted octanol–water partition coefficient (Wildman–Crippen LogP) is 1.62. The van der Waals surface area contributed by atoms with Crippen molar-refractivity contribution >= 4 is 22.0 Å². The third kappa shape index (κ3) is 4.03. The van der Waals surface area contributed by atoms with E-state index >= 15 is 0 Å². The Morgan fingerprint density at radius 3 is 2.91 bits per heavy atom. The molecule has 0 unspecified atom stereocenters. The highest BCUT2D eigenvalue weighted by atomic mass is 79.9. The summed E-state index contributed by atoms with van der Waals surface area (Å²) in [7, 11) is 0. The van der Waals surface area contributed by atoms with Crippen LogP contribution in [-0.2, 0) is 6.54 Å². The molecule has 2 heterocycles. The Hall–Kier alpha value is -2.49. The second-order valence-corrected chi connectivity index (χ2v) is 5.51. The highest BCUT2D eigenvalue weighted by Gasteiger charge is 2.11. The molecule has 8 nitrogen and oxygen atoms in total. The summed E-state index contributed by atoms with van der Waals surface area (Å²) in [5, 5.41) is 14.4. The summed E-state index contributed by atoms with van der Waals surface area (Å²) in [5.41, 5.74) is 0.457. The third-order valence-corrected chi connectivity index (χ3v) is 3.82. The van der Waals surface area contributed by atoms with Crippen LogP contribution >= 0.6 is 15.9 Å². The molecule has 0 aromatic carbocycles. The van der Waals surface area contributed by atoms with Gasteiger partial charge in [0.1, 0.15) is 12.1 Å². The lowest BCUT2D eigenvalue weighted by molar-refractivity contribution is 0.195. The molecule has 0 aliphatic heterocycles. The summed E-state index contributed by atoms with van der Waals surface area (Å²) < 4.78 is 15.8. The zero-order valence-corrected chi connectivity index (χ0v) is 13.6. The Balaban J connectivity index is 2.23. The van der Waals surface area contributed by atoms with Gasteiger partial charge in [0, 0.05) is 17.2 Å². The number of halogens is 2. The minimum atomic E-state index is -1.28. The van der Waals surface area contributed by atoms with Crippen molar-refractivity contribution in [3.05, 3.63) is 51.0 Å². The summed E-state index contributed by atoms with van der Waals surface area (Å²) in [6, 6.07) is 1.70. The van der Waals surface area contributed by atoms with Gasteiger partial charge in [-0.25, -0.2) is 28.2 Å². The molecule has 0 fully saturated rings. The van der Waals surface area contributed by atoms with Crippen LogP contribution < -0.4 is 11.0 Å². The van der Waals surface area contributed by atoms with Gasteiger partial charge in [0.2, 0.25) is 0 Å². The molecule has 0 spiro atoms. The van der Waals surface area contributed by atoms with E-state index in [-0.39, 0.29) is 25.0 Å². The largest absolute Gasteiger partial charge is 0.465 e. The summed E-state index contributed by atoms with van der Waals surface area (Å²) >= 11 is 3.32. The molecule has 0 radical (unpaired) electrons. The number of carbonyl (C=O) groups is 1. The first kappa shape index (κ1) is 16.9. The molecule has 0 saturated carbocycles. The highest BCUT2D eigenvalue weighted by molar-refractivity contribution is 9.10. The van der Waals surface area contributed by atoms with Crippen LogP contribution in [-0.4, -0.2) is 37.1 Å². The van der Waals surface area contributed by atoms with Crippen molar-refractivity contribution in [2.75, 3.05) is 6.54 Å². The zero-order valence-electron chi connectivity index (χ0n) is 12.0. The van der Waals surface area contributed by atoms with Crippen LogP contribution in [0, 0.1) is 6.92 Å². The van der Waals surface area contributed by atoms with Crippen molar-refractivity contribution in [2.45, 2.75) is 13.5 Å². The first-order chi connectivity index (χ1) is 10.9. The summed E-state index contributed by atoms with van der Waals surface area (Å²) in [5.74, 6) is 0.386. The van der Waals surface area contributed by atoms with E-state index in [1.165, 1.54) is 10.9 Å². The van der Waals surface area contributed by atoms with Crippen molar-refractivity contribution in [1.29, 1.82) is 0 Å². The number of amides is 1. The smallest absolute Gasteiger partial charge is 0.404 e. The molecule has 0 bridgehead atoms. The van der Waals surface area contributed by atoms with Gasteiger partial charge in [-0.05, 0) is 40.1 Å². The van der Waals surface area contributed by atoms with Crippen LogP contribution in [0.15, 0.2) is 39.8 Å². The van der Waals surface area contributed by atoms with Crippen LogP contribution in [0.1, 0.15) is 5.56 Å². The Bertz CT molecular complexity index is 814. The standard InChI is InChI=1S/C13H13BrFN5O3/c1-8-2-11(16-5-10(8)14)19-7-18-20(13(19)23)6-9(3-15)4-17-12(21)22/h2-3,5,7,17H,4,6H2,1H3,(H,21,22). The number of pyridine rings is 1. The van der Waals surface area contributed by atoms with Gasteiger partial charge in [0.15, 0.2) is 0 Å². The normalized spacial score (nSPS) is 11.5. The fourth-order valence-electron chi connectivity index (χ4n) is 1.77. The van der Waals surface area contributed by atoms with Gasteiger partial charge < -0.3 is 10.4 Å². The SMILES string of the molecule is Cc1cc(-n2cnn(CC(=CF)CNC(=O)O)c2=O)ncc1Br. The zero-order chi connectivity index (χ0) is 17.0. The van der Waals surface area contributed by atoms with Crippen molar-refractivity contribution in [3.8, 4) is 5.82 Å². The lowest BCUT2D eigenvalue weighted by Crippen LogP contribution is -2.29. The number of aryl methyl sites for hydroxylation is 1. The van der Waals surface area contributed by atoms with Gasteiger partial charge in [-0.2, -0.15) is 5.10 Å². The molecule has 10 heteroatoms. The van der Waals surface area contributed by atoms with E-state index in [0.717, 1.165) is 14.7 Å². The first-order valence-electron chi connectivity index (χ1n) is 6.44. The van der Waals surface area contributed by atoms with Gasteiger partial charge in [-0.3, -0.25) is 0 Å². The molecular formula is C13H13BrFN5O3. The van der Waals surface area contributed by atoms with Crippen LogP contribution in [0.4, 0.5) is 9.18 Å². The lowest BCUT2D eigenvalue weighted by Gasteiger charge is -2.05. The molecule has 2 N–H and O–H groups in total. The maximum Gasteiger partial charge on any atom is 0.404 e. The molecular weight excluding hydrogens is 373 g/mol. The quantitative estimate of drug-likeness (QED) is 0.813. The van der Waals surface area contributed by atoms with Gasteiger partial charge >= 0.3 is 11.8 Å². The van der Waals surface area contributed by atoms with E-state index < -0.39 is 11.8 Å². The Labute approximate surface area is 138 Å². The van der Waals surface area contributed by atoms with E-state index in [2.05, 4.69) is 26.0 Å². The van der Waals surface area contributed by atoms with Crippen molar-refractivity contribution < 1.29 is 14.3 Å². The topological polar surface area (TPSA) is 102 Å². The summed E-state index contributed by atoms with van der Waals surface area (Å²) in [6.45, 7) is 1.45. The number of nitrogens with zero attached hydrogens (tertiary/aromatic N) is 4. The van der Waals surface area contributed by atoms with Gasteiger partial charge in [-0.15, -0.1) is 0 Å². The Morgan fingerprint density at radius 2 is 2.30 bits per heavy atom. The van der Waals surface area contributed by atoms with E-state index in [4.69, 9.17) is 5.11 Å². The van der Waals surface area contributed by atoms with Crippen molar-refractivity contribution in [1.82, 2.24) is 24.6 Å². The fourth-order valence-corrected chi connectivity index (χ4v) is 1.99. The number of nitrogens with one attached hydrogen (secondary N) is 1. The number of carboxylic acid groups (broad SMARTS) is 1. The summed E-state index contributed by atoms with van der Waals surface area (Å²) in [4.78, 5) is 26.8. The van der Waals surface area contributed by atoms with E-state index in [0.29, 0.717) is 5.82 Å². The van der Waals surface area contributed by atoms with Crippen molar-refractivity contribution in [3.63, 3.8) is 0 Å². The maximum absolute atomic E-state index is 12.8. The average Bonchev–Trinajstić information content (AvgIpc) is 2.87. The maximum atomic E-state index is 12.8. The van der Waals surface area contributed by atoms with Gasteiger partial charge in [0.05, 0.1) is 12.9 Å². The second-order valence-electron chi connectivity index (χ2n) is 4.66. The molecule has 23 heavy (non-hydrogen) atoms.